The topological polar surface area (TPSA) is 38.1 Å². The molecule has 2 aromatic carbocycles. The first-order valence-corrected chi connectivity index (χ1v) is 11.3. The molecule has 5 heteroatoms. The van der Waals surface area contributed by atoms with Crippen molar-refractivity contribution < 1.29 is 4.79 Å². The number of Topliss-reactive ketones (excluding diaryl/α,β-unsaturated/α-hetero) is 1. The Balaban J connectivity index is 1.49. The Labute approximate surface area is 170 Å². The zero-order valence-corrected chi connectivity index (χ0v) is 17.4. The highest BCUT2D eigenvalue weighted by molar-refractivity contribution is 7.98. The van der Waals surface area contributed by atoms with Crippen LogP contribution in [0.5, 0.6) is 0 Å². The third kappa shape index (κ3) is 3.87. The summed E-state index contributed by atoms with van der Waals surface area (Å²) in [5.41, 5.74) is 3.09. The molecule has 1 fully saturated rings. The molecule has 3 aromatic rings. The summed E-state index contributed by atoms with van der Waals surface area (Å²) in [5.74, 6) is 1.45. The fraction of sp³-hybridized carbons (Fsp3) is 0.391. The van der Waals surface area contributed by atoms with Crippen molar-refractivity contribution in [2.24, 2.45) is 5.92 Å². The second kappa shape index (κ2) is 8.50. The lowest BCUT2D eigenvalue weighted by Gasteiger charge is -2.31. The first-order chi connectivity index (χ1) is 13.7. The molecule has 1 saturated heterocycles. The summed E-state index contributed by atoms with van der Waals surface area (Å²) in [6.07, 6.45) is 4.09. The molecule has 0 aliphatic carbocycles. The summed E-state index contributed by atoms with van der Waals surface area (Å²) >= 11 is 1.70. The number of benzene rings is 2. The molecule has 146 valence electrons. The fourth-order valence-corrected chi connectivity index (χ4v) is 4.61. The van der Waals surface area contributed by atoms with Crippen LogP contribution in [-0.4, -0.2) is 39.6 Å². The normalized spacial score (nSPS) is 17.9. The van der Waals surface area contributed by atoms with Gasteiger partial charge in [-0.1, -0.05) is 24.3 Å². The van der Waals surface area contributed by atoms with Crippen LogP contribution in [0.3, 0.4) is 0 Å². The van der Waals surface area contributed by atoms with Crippen molar-refractivity contribution in [3.05, 3.63) is 59.9 Å². The van der Waals surface area contributed by atoms with Crippen LogP contribution in [-0.2, 0) is 13.1 Å². The van der Waals surface area contributed by atoms with Crippen molar-refractivity contribution in [3.8, 4) is 0 Å². The molecule has 28 heavy (non-hydrogen) atoms. The molecule has 4 rings (SSSR count). The lowest BCUT2D eigenvalue weighted by atomic mass is 9.90. The molecule has 1 atom stereocenters. The van der Waals surface area contributed by atoms with E-state index in [0.29, 0.717) is 0 Å². The van der Waals surface area contributed by atoms with Crippen LogP contribution in [0.15, 0.2) is 53.4 Å². The lowest BCUT2D eigenvalue weighted by molar-refractivity contribution is 0.0807. The van der Waals surface area contributed by atoms with E-state index in [1.807, 2.05) is 30.3 Å². The zero-order valence-electron chi connectivity index (χ0n) is 16.6. The van der Waals surface area contributed by atoms with Crippen molar-refractivity contribution in [2.75, 3.05) is 19.3 Å². The largest absolute Gasteiger partial charge is 0.327 e. The predicted molar refractivity (Wildman–Crippen MR) is 116 cm³/mol. The van der Waals surface area contributed by atoms with E-state index < -0.39 is 0 Å². The van der Waals surface area contributed by atoms with E-state index in [1.54, 1.807) is 11.8 Å². The van der Waals surface area contributed by atoms with Gasteiger partial charge in [0, 0.05) is 29.5 Å². The predicted octanol–water partition coefficient (Wildman–Crippen LogP) is 4.87. The average molecular weight is 394 g/mol. The second-order valence-electron chi connectivity index (χ2n) is 7.43. The van der Waals surface area contributed by atoms with Gasteiger partial charge in [-0.3, -0.25) is 9.69 Å². The monoisotopic (exact) mass is 393 g/mol. The number of hydrogen-bond donors (Lipinski definition) is 0. The van der Waals surface area contributed by atoms with Crippen molar-refractivity contribution in [1.29, 1.82) is 0 Å². The van der Waals surface area contributed by atoms with Gasteiger partial charge in [-0.2, -0.15) is 0 Å². The summed E-state index contributed by atoms with van der Waals surface area (Å²) in [7, 11) is 0. The van der Waals surface area contributed by atoms with Crippen LogP contribution in [0, 0.1) is 5.92 Å². The van der Waals surface area contributed by atoms with E-state index in [-0.39, 0.29) is 11.7 Å². The number of piperidine rings is 1. The number of rotatable bonds is 6. The minimum atomic E-state index is 0.0772. The molecule has 1 unspecified atom stereocenters. The molecule has 4 nitrogen and oxygen atoms in total. The van der Waals surface area contributed by atoms with E-state index in [9.17, 15) is 4.79 Å². The number of thioether (sulfide) groups is 1. The number of para-hydroxylation sites is 2. The number of carbonyl (C=O) groups is 1. The quantitative estimate of drug-likeness (QED) is 0.442. The highest BCUT2D eigenvalue weighted by Crippen LogP contribution is 2.25. The fourth-order valence-electron chi connectivity index (χ4n) is 4.20. The molecule has 0 saturated carbocycles. The number of carbonyl (C=O) groups excluding carboxylic acids is 1. The van der Waals surface area contributed by atoms with Gasteiger partial charge in [0.25, 0.3) is 0 Å². The number of aromatic nitrogens is 2. The summed E-state index contributed by atoms with van der Waals surface area (Å²) in [6.45, 7) is 5.72. The van der Waals surface area contributed by atoms with Gasteiger partial charge in [-0.05, 0) is 56.8 Å². The van der Waals surface area contributed by atoms with Gasteiger partial charge >= 0.3 is 0 Å². The van der Waals surface area contributed by atoms with Crippen LogP contribution < -0.4 is 0 Å². The Hall–Kier alpha value is -2.11. The maximum absolute atomic E-state index is 13.0. The molecule has 1 aliphatic rings. The van der Waals surface area contributed by atoms with Gasteiger partial charge in [-0.15, -0.1) is 11.8 Å². The van der Waals surface area contributed by atoms with E-state index in [4.69, 9.17) is 4.98 Å². The van der Waals surface area contributed by atoms with Gasteiger partial charge in [0.15, 0.2) is 5.78 Å². The first-order valence-electron chi connectivity index (χ1n) is 10.0. The number of likely N-dealkylation sites (tertiary alicyclic amines) is 1. The molecule has 0 radical (unpaired) electrons. The molecular formula is C23H27N3OS. The lowest BCUT2D eigenvalue weighted by Crippen LogP contribution is -2.38. The van der Waals surface area contributed by atoms with Gasteiger partial charge in [-0.25, -0.2) is 4.98 Å². The SMILES string of the molecule is CCn1c(CN2CCCC(C(=O)c3ccc(SC)cc3)C2)nc2ccccc21. The average Bonchev–Trinajstić information content (AvgIpc) is 3.10. The highest BCUT2D eigenvalue weighted by atomic mass is 32.2. The van der Waals surface area contributed by atoms with E-state index in [1.165, 1.54) is 10.4 Å². The Morgan fingerprint density at radius 1 is 1.18 bits per heavy atom. The molecule has 1 aliphatic heterocycles. The van der Waals surface area contributed by atoms with E-state index >= 15 is 0 Å². The zero-order chi connectivity index (χ0) is 19.5. The second-order valence-corrected chi connectivity index (χ2v) is 8.31. The number of imidazole rings is 1. The molecule has 0 N–H and O–H groups in total. The van der Waals surface area contributed by atoms with Crippen molar-refractivity contribution in [1.82, 2.24) is 14.5 Å². The number of fused-ring (bicyclic) bond motifs is 1. The summed E-state index contributed by atoms with van der Waals surface area (Å²) in [4.78, 5) is 21.5. The van der Waals surface area contributed by atoms with Crippen LogP contribution in [0.1, 0.15) is 35.9 Å². The Morgan fingerprint density at radius 3 is 2.71 bits per heavy atom. The standard InChI is InChI=1S/C23H27N3OS/c1-3-26-21-9-5-4-8-20(21)24-22(26)16-25-14-6-7-18(15-25)23(27)17-10-12-19(28-2)13-11-17/h4-5,8-13,18H,3,6-7,14-16H2,1-2H3. The van der Waals surface area contributed by atoms with Crippen LogP contribution in [0.4, 0.5) is 0 Å². The third-order valence-electron chi connectivity index (χ3n) is 5.67. The molecule has 2 heterocycles. The highest BCUT2D eigenvalue weighted by Gasteiger charge is 2.27. The number of aryl methyl sites for hydroxylation is 1. The maximum Gasteiger partial charge on any atom is 0.167 e. The summed E-state index contributed by atoms with van der Waals surface area (Å²) < 4.78 is 2.29. The molecule has 1 aromatic heterocycles. The summed E-state index contributed by atoms with van der Waals surface area (Å²) in [5, 5.41) is 0. The van der Waals surface area contributed by atoms with Gasteiger partial charge in [0.05, 0.1) is 17.6 Å². The Morgan fingerprint density at radius 2 is 1.96 bits per heavy atom. The minimum Gasteiger partial charge on any atom is -0.327 e. The van der Waals surface area contributed by atoms with Gasteiger partial charge in [0.2, 0.25) is 0 Å². The molecule has 0 bridgehead atoms. The van der Waals surface area contributed by atoms with Crippen molar-refractivity contribution in [3.63, 3.8) is 0 Å². The van der Waals surface area contributed by atoms with Crippen LogP contribution in [0.25, 0.3) is 11.0 Å². The Kier molecular flexibility index (Phi) is 5.83. The van der Waals surface area contributed by atoms with Crippen LogP contribution >= 0.6 is 11.8 Å². The van der Waals surface area contributed by atoms with Gasteiger partial charge < -0.3 is 4.57 Å². The number of hydrogen-bond acceptors (Lipinski definition) is 4. The first kappa shape index (κ1) is 19.2. The summed E-state index contributed by atoms with van der Waals surface area (Å²) in [6, 6.07) is 16.4. The van der Waals surface area contributed by atoms with Crippen LogP contribution in [0.2, 0.25) is 0 Å². The Bertz CT molecular complexity index is 964. The molecule has 0 spiro atoms. The maximum atomic E-state index is 13.0. The smallest absolute Gasteiger partial charge is 0.167 e. The van der Waals surface area contributed by atoms with Crippen molar-refractivity contribution in [2.45, 2.75) is 37.8 Å². The van der Waals surface area contributed by atoms with E-state index in [0.717, 1.165) is 55.9 Å². The van der Waals surface area contributed by atoms with E-state index in [2.05, 4.69) is 40.8 Å². The molecule has 0 amide bonds. The third-order valence-corrected chi connectivity index (χ3v) is 6.41. The minimum absolute atomic E-state index is 0.0772. The number of ketones is 1. The molecular weight excluding hydrogens is 366 g/mol. The number of nitrogens with zero attached hydrogens (tertiary/aromatic N) is 3. The van der Waals surface area contributed by atoms with Gasteiger partial charge in [0.1, 0.15) is 5.82 Å². The van der Waals surface area contributed by atoms with Crippen molar-refractivity contribution >= 4 is 28.6 Å².